The Labute approximate surface area is 233 Å². The lowest BCUT2D eigenvalue weighted by molar-refractivity contribution is 0.359. The predicted octanol–water partition coefficient (Wildman–Crippen LogP) is 8.60. The average molecular weight is 571 g/mol. The van der Waals surface area contributed by atoms with Crippen molar-refractivity contribution < 1.29 is 9.47 Å². The summed E-state index contributed by atoms with van der Waals surface area (Å²) < 4.78 is 13.4. The maximum atomic E-state index is 6.35. The van der Waals surface area contributed by atoms with Crippen LogP contribution in [0.5, 0.6) is 23.0 Å². The maximum absolute atomic E-state index is 6.35. The van der Waals surface area contributed by atoms with Gasteiger partial charge >= 0.3 is 0 Å². The molecule has 0 saturated heterocycles. The van der Waals surface area contributed by atoms with Crippen molar-refractivity contribution in [3.63, 3.8) is 0 Å². The number of halogens is 1. The van der Waals surface area contributed by atoms with Gasteiger partial charge in [-0.1, -0.05) is 82.7 Å². The van der Waals surface area contributed by atoms with Crippen LogP contribution in [0, 0.1) is 0 Å². The van der Waals surface area contributed by atoms with Crippen LogP contribution in [0.4, 0.5) is 0 Å². The minimum atomic E-state index is 0.548. The lowest BCUT2D eigenvalue weighted by atomic mass is 10.1. The Balaban J connectivity index is 1.30. The highest BCUT2D eigenvalue weighted by atomic mass is 79.9. The van der Waals surface area contributed by atoms with Crippen molar-refractivity contribution in [3.8, 4) is 68.3 Å². The highest BCUT2D eigenvalue weighted by Gasteiger charge is 2.23. The number of hydrogen-bond acceptors (Lipinski definition) is 6. The molecule has 0 aliphatic carbocycles. The number of nitrogens with zero attached hydrogens (tertiary/aromatic N) is 4. The third-order valence-corrected chi connectivity index (χ3v) is 7.00. The molecule has 0 unspecified atom stereocenters. The number of fused-ring (bicyclic) bond motifs is 2. The first kappa shape index (κ1) is 23.3. The van der Waals surface area contributed by atoms with Crippen molar-refractivity contribution in [3.05, 3.63) is 120 Å². The quantitative estimate of drug-likeness (QED) is 0.211. The van der Waals surface area contributed by atoms with Gasteiger partial charge < -0.3 is 9.47 Å². The Morgan fingerprint density at radius 2 is 1.05 bits per heavy atom. The Bertz CT molecular complexity index is 1760. The minimum Gasteiger partial charge on any atom is -0.449 e. The highest BCUT2D eigenvalue weighted by molar-refractivity contribution is 9.10. The number of benzene rings is 4. The van der Waals surface area contributed by atoms with Gasteiger partial charge in [0.25, 0.3) is 0 Å². The molecule has 0 radical (unpaired) electrons. The Morgan fingerprint density at radius 1 is 0.487 bits per heavy atom. The van der Waals surface area contributed by atoms with Crippen molar-refractivity contribution in [1.82, 2.24) is 19.9 Å². The molecule has 6 nitrogen and oxygen atoms in total. The molecule has 1 aliphatic heterocycles. The number of ether oxygens (including phenoxy) is 2. The zero-order valence-corrected chi connectivity index (χ0v) is 22.0. The van der Waals surface area contributed by atoms with Crippen LogP contribution in [0.1, 0.15) is 0 Å². The standard InChI is InChI=1S/C32H19BrN4O2/c33-25-18-29-28(17-24(25)23-12-7-15-34-19-23)39-27-16-22(13-14-26(27)38-29)32-36-30(20-8-3-1-4-9-20)35-31(37-32)21-10-5-2-6-11-21/h1-19H. The lowest BCUT2D eigenvalue weighted by Crippen LogP contribution is -2.02. The summed E-state index contributed by atoms with van der Waals surface area (Å²) in [6.07, 6.45) is 3.57. The van der Waals surface area contributed by atoms with Gasteiger partial charge in [-0.05, 0) is 36.4 Å². The molecule has 4 aromatic carbocycles. The van der Waals surface area contributed by atoms with Crippen molar-refractivity contribution in [2.45, 2.75) is 0 Å². The van der Waals surface area contributed by atoms with Crippen molar-refractivity contribution in [2.75, 3.05) is 0 Å². The van der Waals surface area contributed by atoms with E-state index in [4.69, 9.17) is 24.4 Å². The molecule has 186 valence electrons. The van der Waals surface area contributed by atoms with Gasteiger partial charge in [-0.25, -0.2) is 15.0 Å². The second kappa shape index (κ2) is 9.78. The Kier molecular flexibility index (Phi) is 5.83. The first-order valence-corrected chi connectivity index (χ1v) is 13.1. The van der Waals surface area contributed by atoms with Gasteiger partial charge in [0.15, 0.2) is 40.5 Å². The third-order valence-electron chi connectivity index (χ3n) is 6.35. The van der Waals surface area contributed by atoms with Crippen LogP contribution in [0.3, 0.4) is 0 Å². The van der Waals surface area contributed by atoms with Gasteiger partial charge in [0.05, 0.1) is 0 Å². The van der Waals surface area contributed by atoms with Crippen molar-refractivity contribution >= 4 is 15.9 Å². The van der Waals surface area contributed by atoms with Crippen LogP contribution in [-0.4, -0.2) is 19.9 Å². The summed E-state index contributed by atoms with van der Waals surface area (Å²) in [5, 5.41) is 0. The number of pyridine rings is 1. The molecule has 0 amide bonds. The summed E-state index contributed by atoms with van der Waals surface area (Å²) in [7, 11) is 0. The van der Waals surface area contributed by atoms with Crippen molar-refractivity contribution in [2.24, 2.45) is 0 Å². The molecule has 0 atom stereocenters. The van der Waals surface area contributed by atoms with E-state index in [0.29, 0.717) is 40.5 Å². The van der Waals surface area contributed by atoms with E-state index in [-0.39, 0.29) is 0 Å². The molecule has 2 aromatic heterocycles. The van der Waals surface area contributed by atoms with Crippen LogP contribution in [0.15, 0.2) is 120 Å². The first-order valence-electron chi connectivity index (χ1n) is 12.3. The first-order chi connectivity index (χ1) is 19.2. The average Bonchev–Trinajstić information content (AvgIpc) is 3.00. The summed E-state index contributed by atoms with van der Waals surface area (Å²) in [6.45, 7) is 0. The van der Waals surface area contributed by atoms with Gasteiger partial charge in [-0.2, -0.15) is 0 Å². The van der Waals surface area contributed by atoms with Crippen LogP contribution >= 0.6 is 15.9 Å². The van der Waals surface area contributed by atoms with E-state index >= 15 is 0 Å². The fourth-order valence-corrected chi connectivity index (χ4v) is 4.98. The summed E-state index contributed by atoms with van der Waals surface area (Å²) >= 11 is 3.66. The zero-order chi connectivity index (χ0) is 26.2. The number of aromatic nitrogens is 4. The van der Waals surface area contributed by atoms with Gasteiger partial charge in [-0.3, -0.25) is 4.98 Å². The molecular formula is C32H19BrN4O2. The zero-order valence-electron chi connectivity index (χ0n) is 20.5. The number of rotatable bonds is 4. The Morgan fingerprint density at radius 3 is 1.69 bits per heavy atom. The normalized spacial score (nSPS) is 11.6. The fraction of sp³-hybridized carbons (Fsp3) is 0. The van der Waals surface area contributed by atoms with Gasteiger partial charge in [-0.15, -0.1) is 0 Å². The molecule has 0 fully saturated rings. The highest BCUT2D eigenvalue weighted by Crippen LogP contribution is 2.49. The van der Waals surface area contributed by atoms with E-state index in [9.17, 15) is 0 Å². The second-order valence-corrected chi connectivity index (χ2v) is 9.78. The SMILES string of the molecule is Brc1cc2c(cc1-c1cccnc1)Oc1cc(-c3nc(-c4ccccc4)nc(-c4ccccc4)n3)ccc1O2. The monoisotopic (exact) mass is 570 g/mol. The predicted molar refractivity (Wildman–Crippen MR) is 154 cm³/mol. The largest absolute Gasteiger partial charge is 0.449 e. The molecule has 7 rings (SSSR count). The summed E-state index contributed by atoms with van der Waals surface area (Å²) in [5.74, 6) is 4.21. The van der Waals surface area contributed by atoms with E-state index in [1.54, 1.807) is 6.20 Å². The van der Waals surface area contributed by atoms with Crippen LogP contribution in [0.2, 0.25) is 0 Å². The minimum absolute atomic E-state index is 0.548. The summed E-state index contributed by atoms with van der Waals surface area (Å²) in [4.78, 5) is 18.7. The lowest BCUT2D eigenvalue weighted by Gasteiger charge is -2.22. The number of hydrogen-bond donors (Lipinski definition) is 0. The third kappa shape index (κ3) is 4.53. The summed E-state index contributed by atoms with van der Waals surface area (Å²) in [6, 6.07) is 33.3. The van der Waals surface area contributed by atoms with Crippen LogP contribution in [0.25, 0.3) is 45.3 Å². The molecule has 0 bridgehead atoms. The van der Waals surface area contributed by atoms with E-state index < -0.39 is 0 Å². The van der Waals surface area contributed by atoms with E-state index in [1.807, 2.05) is 109 Å². The topological polar surface area (TPSA) is 70.0 Å². The van der Waals surface area contributed by atoms with Crippen molar-refractivity contribution in [1.29, 1.82) is 0 Å². The van der Waals surface area contributed by atoms with Gasteiger partial charge in [0.2, 0.25) is 0 Å². The molecule has 1 aliphatic rings. The van der Waals surface area contributed by atoms with Crippen LogP contribution in [-0.2, 0) is 0 Å². The van der Waals surface area contributed by atoms with E-state index in [2.05, 4.69) is 20.9 Å². The molecule has 6 aromatic rings. The van der Waals surface area contributed by atoms with E-state index in [1.165, 1.54) is 0 Å². The van der Waals surface area contributed by atoms with Gasteiger partial charge in [0.1, 0.15) is 0 Å². The second-order valence-electron chi connectivity index (χ2n) is 8.92. The Hall–Kier alpha value is -4.88. The van der Waals surface area contributed by atoms with E-state index in [0.717, 1.165) is 32.3 Å². The molecule has 7 heteroatoms. The molecule has 3 heterocycles. The van der Waals surface area contributed by atoms with Crippen LogP contribution < -0.4 is 9.47 Å². The van der Waals surface area contributed by atoms with Gasteiger partial charge in [0, 0.05) is 44.7 Å². The summed E-state index contributed by atoms with van der Waals surface area (Å²) in [5.41, 5.74) is 4.56. The molecule has 0 N–H and O–H groups in total. The maximum Gasteiger partial charge on any atom is 0.171 e. The molecule has 39 heavy (non-hydrogen) atoms. The molecular weight excluding hydrogens is 552 g/mol. The molecule has 0 spiro atoms. The molecule has 0 saturated carbocycles. The smallest absolute Gasteiger partial charge is 0.171 e. The fourth-order valence-electron chi connectivity index (χ4n) is 4.42.